The van der Waals surface area contributed by atoms with Crippen molar-refractivity contribution in [2.24, 2.45) is 0 Å². The van der Waals surface area contributed by atoms with E-state index in [4.69, 9.17) is 9.47 Å². The molecule has 1 aliphatic heterocycles. The van der Waals surface area contributed by atoms with E-state index in [1.165, 1.54) is 11.8 Å². The smallest absolute Gasteiger partial charge is 0.275 e. The molecule has 0 atom stereocenters. The van der Waals surface area contributed by atoms with Gasteiger partial charge in [-0.3, -0.25) is 9.59 Å². The van der Waals surface area contributed by atoms with Crippen LogP contribution in [0.25, 0.3) is 0 Å². The molecule has 7 heteroatoms. The molecule has 2 rings (SSSR count). The number of nitrogens with one attached hydrogen (secondary N) is 3. The van der Waals surface area contributed by atoms with E-state index in [2.05, 4.69) is 10.6 Å². The number of hydrogen-bond acceptors (Lipinski definition) is 4. The highest BCUT2D eigenvalue weighted by molar-refractivity contribution is 5.88. The van der Waals surface area contributed by atoms with Crippen LogP contribution in [-0.2, 0) is 20.9 Å². The molecule has 1 saturated heterocycles. The number of methoxy groups -OCH3 is 1. The van der Waals surface area contributed by atoms with Gasteiger partial charge in [0.25, 0.3) is 5.91 Å². The third-order valence-corrected chi connectivity index (χ3v) is 3.69. The van der Waals surface area contributed by atoms with Gasteiger partial charge in [0.1, 0.15) is 18.8 Å². The van der Waals surface area contributed by atoms with Crippen molar-refractivity contribution in [2.75, 3.05) is 45.3 Å². The number of carbonyl (C=O) groups is 2. The zero-order valence-corrected chi connectivity index (χ0v) is 13.6. The fourth-order valence-corrected chi connectivity index (χ4v) is 2.52. The summed E-state index contributed by atoms with van der Waals surface area (Å²) in [4.78, 5) is 24.4. The number of morpholine rings is 1. The largest absolute Gasteiger partial charge is 0.496 e. The van der Waals surface area contributed by atoms with Gasteiger partial charge in [-0.15, -0.1) is 0 Å². The Labute approximate surface area is 135 Å². The van der Waals surface area contributed by atoms with Gasteiger partial charge < -0.3 is 25.0 Å². The predicted molar refractivity (Wildman–Crippen MR) is 85.5 cm³/mol. The van der Waals surface area contributed by atoms with Gasteiger partial charge in [0.15, 0.2) is 6.54 Å². The number of rotatable bonds is 6. The van der Waals surface area contributed by atoms with E-state index in [0.717, 1.165) is 18.7 Å². The summed E-state index contributed by atoms with van der Waals surface area (Å²) < 4.78 is 10.6. The van der Waals surface area contributed by atoms with Crippen LogP contribution in [0.1, 0.15) is 12.5 Å². The SMILES string of the molecule is COc1ccc(NC(C)=O)cc1CNC(=O)C[NH+]1CCOCC1. The van der Waals surface area contributed by atoms with E-state index >= 15 is 0 Å². The lowest BCUT2D eigenvalue weighted by Crippen LogP contribution is -3.15. The van der Waals surface area contributed by atoms with E-state index < -0.39 is 0 Å². The van der Waals surface area contributed by atoms with Crippen LogP contribution >= 0.6 is 0 Å². The lowest BCUT2D eigenvalue weighted by molar-refractivity contribution is -0.900. The van der Waals surface area contributed by atoms with Crippen LogP contribution in [-0.4, -0.2) is 51.8 Å². The van der Waals surface area contributed by atoms with E-state index in [1.807, 2.05) is 6.07 Å². The van der Waals surface area contributed by atoms with Crippen molar-refractivity contribution < 1.29 is 24.0 Å². The molecule has 1 aromatic carbocycles. The number of amides is 2. The lowest BCUT2D eigenvalue weighted by atomic mass is 10.1. The predicted octanol–water partition coefficient (Wildman–Crippen LogP) is -0.815. The molecule has 126 valence electrons. The summed E-state index contributed by atoms with van der Waals surface area (Å²) in [5, 5.41) is 5.63. The summed E-state index contributed by atoms with van der Waals surface area (Å²) in [5.74, 6) is 0.535. The van der Waals surface area contributed by atoms with Crippen LogP contribution in [0, 0.1) is 0 Å². The number of hydrogen-bond donors (Lipinski definition) is 3. The molecule has 0 bridgehead atoms. The molecule has 2 amide bonds. The van der Waals surface area contributed by atoms with Crippen molar-refractivity contribution in [2.45, 2.75) is 13.5 Å². The highest BCUT2D eigenvalue weighted by Gasteiger charge is 2.17. The van der Waals surface area contributed by atoms with E-state index in [0.29, 0.717) is 37.7 Å². The van der Waals surface area contributed by atoms with Gasteiger partial charge >= 0.3 is 0 Å². The molecule has 0 unspecified atom stereocenters. The Morgan fingerprint density at radius 2 is 2.04 bits per heavy atom. The Kier molecular flexibility index (Phi) is 6.37. The molecule has 1 aromatic rings. The molecule has 7 nitrogen and oxygen atoms in total. The van der Waals surface area contributed by atoms with Gasteiger partial charge in [0.05, 0.1) is 20.3 Å². The van der Waals surface area contributed by atoms with Gasteiger partial charge in [-0.25, -0.2) is 0 Å². The van der Waals surface area contributed by atoms with Gasteiger partial charge in [-0.05, 0) is 18.2 Å². The van der Waals surface area contributed by atoms with Crippen molar-refractivity contribution in [3.8, 4) is 5.75 Å². The maximum Gasteiger partial charge on any atom is 0.275 e. The zero-order valence-electron chi connectivity index (χ0n) is 13.6. The van der Waals surface area contributed by atoms with Crippen LogP contribution in [0.4, 0.5) is 5.69 Å². The average molecular weight is 322 g/mol. The minimum Gasteiger partial charge on any atom is -0.496 e. The third kappa shape index (κ3) is 5.54. The van der Waals surface area contributed by atoms with Crippen molar-refractivity contribution in [1.82, 2.24) is 5.32 Å². The zero-order chi connectivity index (χ0) is 16.7. The second-order valence-electron chi connectivity index (χ2n) is 5.52. The summed E-state index contributed by atoms with van der Waals surface area (Å²) in [7, 11) is 1.58. The normalized spacial score (nSPS) is 15.0. The Morgan fingerprint density at radius 1 is 1.30 bits per heavy atom. The Bertz CT molecular complexity index is 556. The van der Waals surface area contributed by atoms with Crippen LogP contribution in [0.2, 0.25) is 0 Å². The first-order chi connectivity index (χ1) is 11.1. The summed E-state index contributed by atoms with van der Waals surface area (Å²) in [6.07, 6.45) is 0. The molecule has 0 spiro atoms. The minimum absolute atomic E-state index is 0.00566. The number of benzene rings is 1. The highest BCUT2D eigenvalue weighted by Crippen LogP contribution is 2.22. The van der Waals surface area contributed by atoms with Crippen LogP contribution in [0.3, 0.4) is 0 Å². The molecular weight excluding hydrogens is 298 g/mol. The molecular formula is C16H24N3O4+. The van der Waals surface area contributed by atoms with Crippen LogP contribution in [0.5, 0.6) is 5.75 Å². The number of anilines is 1. The Hall–Kier alpha value is -2.12. The molecule has 1 heterocycles. The van der Waals surface area contributed by atoms with Crippen molar-refractivity contribution >= 4 is 17.5 Å². The summed E-state index contributed by atoms with van der Waals surface area (Å²) in [6.45, 7) is 5.38. The molecule has 3 N–H and O–H groups in total. The third-order valence-electron chi connectivity index (χ3n) is 3.69. The summed E-state index contributed by atoms with van der Waals surface area (Å²) in [6, 6.07) is 5.35. The maximum absolute atomic E-state index is 12.1. The van der Waals surface area contributed by atoms with Gasteiger partial charge in [-0.1, -0.05) is 0 Å². The maximum atomic E-state index is 12.1. The first-order valence-electron chi connectivity index (χ1n) is 7.71. The fraction of sp³-hybridized carbons (Fsp3) is 0.500. The fourth-order valence-electron chi connectivity index (χ4n) is 2.52. The Morgan fingerprint density at radius 3 is 2.70 bits per heavy atom. The molecule has 0 aliphatic carbocycles. The van der Waals surface area contributed by atoms with Gasteiger partial charge in [0, 0.05) is 24.7 Å². The summed E-state index contributed by atoms with van der Waals surface area (Å²) in [5.41, 5.74) is 1.51. The van der Waals surface area contributed by atoms with Gasteiger partial charge in [0.2, 0.25) is 5.91 Å². The first-order valence-corrected chi connectivity index (χ1v) is 7.71. The molecule has 0 aromatic heterocycles. The average Bonchev–Trinajstić information content (AvgIpc) is 2.53. The van der Waals surface area contributed by atoms with Crippen LogP contribution < -0.4 is 20.3 Å². The molecule has 0 radical (unpaired) electrons. The summed E-state index contributed by atoms with van der Waals surface area (Å²) >= 11 is 0. The number of carbonyl (C=O) groups excluding carboxylic acids is 2. The molecule has 1 aliphatic rings. The Balaban J connectivity index is 1.92. The van der Waals surface area contributed by atoms with Crippen LogP contribution in [0.15, 0.2) is 18.2 Å². The van der Waals surface area contributed by atoms with E-state index in [9.17, 15) is 9.59 Å². The topological polar surface area (TPSA) is 81.1 Å². The monoisotopic (exact) mass is 322 g/mol. The standard InChI is InChI=1S/C16H23N3O4/c1-12(20)18-14-3-4-15(22-2)13(9-14)10-17-16(21)11-19-5-7-23-8-6-19/h3-4,9H,5-8,10-11H2,1-2H3,(H,17,21)(H,18,20)/p+1. The second-order valence-corrected chi connectivity index (χ2v) is 5.52. The minimum atomic E-state index is -0.138. The van der Waals surface area contributed by atoms with Gasteiger partial charge in [-0.2, -0.15) is 0 Å². The molecule has 0 saturated carbocycles. The second kappa shape index (κ2) is 8.50. The quantitative estimate of drug-likeness (QED) is 0.640. The van der Waals surface area contributed by atoms with E-state index in [-0.39, 0.29) is 11.8 Å². The van der Waals surface area contributed by atoms with Crippen molar-refractivity contribution in [3.05, 3.63) is 23.8 Å². The highest BCUT2D eigenvalue weighted by atomic mass is 16.5. The van der Waals surface area contributed by atoms with E-state index in [1.54, 1.807) is 19.2 Å². The first kappa shape index (κ1) is 17.2. The number of quaternary nitrogens is 1. The molecule has 1 fully saturated rings. The lowest BCUT2D eigenvalue weighted by Gasteiger charge is -2.23. The van der Waals surface area contributed by atoms with Crippen molar-refractivity contribution in [1.29, 1.82) is 0 Å². The number of ether oxygens (including phenoxy) is 2. The van der Waals surface area contributed by atoms with Crippen molar-refractivity contribution in [3.63, 3.8) is 0 Å². The molecule has 23 heavy (non-hydrogen) atoms.